The first-order valence-electron chi connectivity index (χ1n) is 7.84. The van der Waals surface area contributed by atoms with Crippen LogP contribution in [0, 0.1) is 5.92 Å². The number of para-hydroxylation sites is 2. The highest BCUT2D eigenvalue weighted by atomic mass is 16.5. The predicted octanol–water partition coefficient (Wildman–Crippen LogP) is 3.43. The van der Waals surface area contributed by atoms with Crippen LogP contribution in [0.2, 0.25) is 0 Å². The van der Waals surface area contributed by atoms with Crippen molar-refractivity contribution < 1.29 is 4.74 Å². The van der Waals surface area contributed by atoms with Gasteiger partial charge in [0.05, 0.1) is 12.8 Å². The van der Waals surface area contributed by atoms with E-state index in [1.165, 1.54) is 38.5 Å². The van der Waals surface area contributed by atoms with Gasteiger partial charge < -0.3 is 15.4 Å². The van der Waals surface area contributed by atoms with Crippen molar-refractivity contribution >= 4 is 5.69 Å². The van der Waals surface area contributed by atoms with Crippen LogP contribution in [0.1, 0.15) is 38.5 Å². The van der Waals surface area contributed by atoms with Crippen LogP contribution in [0.15, 0.2) is 24.3 Å². The van der Waals surface area contributed by atoms with E-state index in [2.05, 4.69) is 24.1 Å². The van der Waals surface area contributed by atoms with Crippen LogP contribution < -0.4 is 15.4 Å². The van der Waals surface area contributed by atoms with Gasteiger partial charge in [-0.1, -0.05) is 37.8 Å². The van der Waals surface area contributed by atoms with Gasteiger partial charge in [-0.05, 0) is 30.9 Å². The molecule has 1 saturated carbocycles. The number of ether oxygens (including phenoxy) is 1. The normalized spacial score (nSPS) is 18.4. The van der Waals surface area contributed by atoms with Crippen molar-refractivity contribution in [3.63, 3.8) is 0 Å². The smallest absolute Gasteiger partial charge is 0.142 e. The van der Waals surface area contributed by atoms with Crippen LogP contribution in [0.3, 0.4) is 0 Å². The van der Waals surface area contributed by atoms with Crippen LogP contribution in [0.5, 0.6) is 5.75 Å². The average Bonchev–Trinajstić information content (AvgIpc) is 2.77. The van der Waals surface area contributed by atoms with Crippen LogP contribution in [0.4, 0.5) is 5.69 Å². The second-order valence-electron chi connectivity index (χ2n) is 5.84. The van der Waals surface area contributed by atoms with E-state index >= 15 is 0 Å². The van der Waals surface area contributed by atoms with E-state index in [9.17, 15) is 0 Å². The van der Waals surface area contributed by atoms with Gasteiger partial charge in [-0.2, -0.15) is 0 Å². The first kappa shape index (κ1) is 15.2. The Morgan fingerprint density at radius 2 is 1.85 bits per heavy atom. The summed E-state index contributed by atoms with van der Waals surface area (Å²) in [6, 6.07) is 8.63. The summed E-state index contributed by atoms with van der Waals surface area (Å²) in [5.74, 6) is 1.64. The minimum Gasteiger partial charge on any atom is -0.495 e. The molecule has 0 radical (unpaired) electrons. The Hall–Kier alpha value is -1.22. The number of anilines is 1. The molecule has 2 N–H and O–H groups in total. The highest BCUT2D eigenvalue weighted by Crippen LogP contribution is 2.33. The van der Waals surface area contributed by atoms with Gasteiger partial charge in [0, 0.05) is 19.6 Å². The lowest BCUT2D eigenvalue weighted by Crippen LogP contribution is -2.43. The first-order valence-corrected chi connectivity index (χ1v) is 7.84. The molecule has 0 aromatic heterocycles. The summed E-state index contributed by atoms with van der Waals surface area (Å²) in [4.78, 5) is 2.33. The molecule has 1 aliphatic carbocycles. The SMILES string of the molecule is COc1ccccc1N(C)C(CN)C1CCCCCC1. The van der Waals surface area contributed by atoms with E-state index in [0.717, 1.165) is 11.4 Å². The van der Waals surface area contributed by atoms with Gasteiger partial charge in [0.2, 0.25) is 0 Å². The fourth-order valence-corrected chi connectivity index (χ4v) is 3.46. The molecule has 1 atom stereocenters. The number of likely N-dealkylation sites (N-methyl/N-ethyl adjacent to an activating group) is 1. The van der Waals surface area contributed by atoms with E-state index < -0.39 is 0 Å². The molecule has 0 saturated heterocycles. The zero-order chi connectivity index (χ0) is 14.4. The van der Waals surface area contributed by atoms with Crippen molar-refractivity contribution in [3.8, 4) is 5.75 Å². The molecule has 1 aromatic carbocycles. The zero-order valence-corrected chi connectivity index (χ0v) is 12.8. The van der Waals surface area contributed by atoms with Gasteiger partial charge in [0.25, 0.3) is 0 Å². The van der Waals surface area contributed by atoms with Crippen LogP contribution in [0.25, 0.3) is 0 Å². The Labute approximate surface area is 123 Å². The average molecular weight is 276 g/mol. The second kappa shape index (κ2) is 7.53. The van der Waals surface area contributed by atoms with Crippen molar-refractivity contribution in [1.29, 1.82) is 0 Å². The molecule has 0 heterocycles. The van der Waals surface area contributed by atoms with E-state index in [0.29, 0.717) is 18.5 Å². The molecule has 0 aliphatic heterocycles. The van der Waals surface area contributed by atoms with Crippen LogP contribution in [-0.2, 0) is 0 Å². The quantitative estimate of drug-likeness (QED) is 0.837. The summed E-state index contributed by atoms with van der Waals surface area (Å²) >= 11 is 0. The fourth-order valence-electron chi connectivity index (χ4n) is 3.46. The molecule has 1 aromatic rings. The van der Waals surface area contributed by atoms with Crippen molar-refractivity contribution in [2.45, 2.75) is 44.6 Å². The number of benzene rings is 1. The Bertz CT molecular complexity index is 400. The molecule has 20 heavy (non-hydrogen) atoms. The van der Waals surface area contributed by atoms with Crippen molar-refractivity contribution in [1.82, 2.24) is 0 Å². The molecular formula is C17H28N2O. The van der Waals surface area contributed by atoms with E-state index in [1.807, 2.05) is 12.1 Å². The highest BCUT2D eigenvalue weighted by molar-refractivity contribution is 5.58. The Morgan fingerprint density at radius 3 is 2.45 bits per heavy atom. The van der Waals surface area contributed by atoms with Gasteiger partial charge >= 0.3 is 0 Å². The fraction of sp³-hybridized carbons (Fsp3) is 0.647. The summed E-state index contributed by atoms with van der Waals surface area (Å²) < 4.78 is 5.49. The van der Waals surface area contributed by atoms with Crippen LogP contribution in [-0.4, -0.2) is 26.7 Å². The third kappa shape index (κ3) is 3.45. The van der Waals surface area contributed by atoms with E-state index in [4.69, 9.17) is 10.5 Å². The molecule has 0 amide bonds. The third-order valence-electron chi connectivity index (χ3n) is 4.65. The molecule has 0 spiro atoms. The van der Waals surface area contributed by atoms with E-state index in [-0.39, 0.29) is 0 Å². The minimum atomic E-state index is 0.407. The second-order valence-corrected chi connectivity index (χ2v) is 5.84. The monoisotopic (exact) mass is 276 g/mol. The molecule has 1 fully saturated rings. The Kier molecular flexibility index (Phi) is 5.72. The molecule has 112 valence electrons. The third-order valence-corrected chi connectivity index (χ3v) is 4.65. The standard InChI is InChI=1S/C17H28N2O/c1-19(15-11-7-8-12-17(15)20-2)16(13-18)14-9-5-3-4-6-10-14/h7-8,11-12,14,16H,3-6,9-10,13,18H2,1-2H3. The number of methoxy groups -OCH3 is 1. The summed E-state index contributed by atoms with van der Waals surface area (Å²) in [5, 5.41) is 0. The lowest BCUT2D eigenvalue weighted by molar-refractivity contribution is 0.363. The molecule has 1 aliphatic rings. The molecular weight excluding hydrogens is 248 g/mol. The highest BCUT2D eigenvalue weighted by Gasteiger charge is 2.26. The summed E-state index contributed by atoms with van der Waals surface area (Å²) in [6.45, 7) is 0.708. The van der Waals surface area contributed by atoms with Gasteiger partial charge in [0.15, 0.2) is 0 Å². The van der Waals surface area contributed by atoms with E-state index in [1.54, 1.807) is 7.11 Å². The van der Waals surface area contributed by atoms with Gasteiger partial charge in [-0.15, -0.1) is 0 Å². The zero-order valence-electron chi connectivity index (χ0n) is 12.8. The molecule has 3 heteroatoms. The lowest BCUT2D eigenvalue weighted by atomic mass is 9.90. The number of nitrogens with two attached hydrogens (primary N) is 1. The lowest BCUT2D eigenvalue weighted by Gasteiger charge is -2.35. The molecule has 1 unspecified atom stereocenters. The number of hydrogen-bond acceptors (Lipinski definition) is 3. The largest absolute Gasteiger partial charge is 0.495 e. The summed E-state index contributed by atoms with van der Waals surface area (Å²) in [7, 11) is 3.88. The maximum atomic E-state index is 6.10. The molecule has 0 bridgehead atoms. The van der Waals surface area contributed by atoms with Crippen molar-refractivity contribution in [2.75, 3.05) is 25.6 Å². The van der Waals surface area contributed by atoms with Crippen molar-refractivity contribution in [2.24, 2.45) is 11.7 Å². The number of hydrogen-bond donors (Lipinski definition) is 1. The molecule has 3 nitrogen and oxygen atoms in total. The molecule has 2 rings (SSSR count). The topological polar surface area (TPSA) is 38.5 Å². The maximum absolute atomic E-state index is 6.10. The minimum absolute atomic E-state index is 0.407. The van der Waals surface area contributed by atoms with Gasteiger partial charge in [-0.25, -0.2) is 0 Å². The van der Waals surface area contributed by atoms with Crippen molar-refractivity contribution in [3.05, 3.63) is 24.3 Å². The number of rotatable bonds is 5. The Balaban J connectivity index is 2.17. The van der Waals surface area contributed by atoms with Gasteiger partial charge in [-0.3, -0.25) is 0 Å². The number of nitrogens with zero attached hydrogens (tertiary/aromatic N) is 1. The van der Waals surface area contributed by atoms with Crippen LogP contribution >= 0.6 is 0 Å². The summed E-state index contributed by atoms with van der Waals surface area (Å²) in [5.41, 5.74) is 7.25. The first-order chi connectivity index (χ1) is 9.77. The summed E-state index contributed by atoms with van der Waals surface area (Å²) in [6.07, 6.45) is 8.07. The Morgan fingerprint density at radius 1 is 1.20 bits per heavy atom. The predicted molar refractivity (Wildman–Crippen MR) is 85.4 cm³/mol. The maximum Gasteiger partial charge on any atom is 0.142 e. The van der Waals surface area contributed by atoms with Gasteiger partial charge in [0.1, 0.15) is 5.75 Å².